The molecule has 0 bridgehead atoms. The van der Waals surface area contributed by atoms with E-state index >= 15 is 0 Å². The van der Waals surface area contributed by atoms with Crippen LogP contribution in [0.25, 0.3) is 0 Å². The lowest BCUT2D eigenvalue weighted by molar-refractivity contribution is 0.337. The molecule has 1 aromatic rings. The second-order valence-corrected chi connectivity index (χ2v) is 6.59. The molecule has 0 radical (unpaired) electrons. The second kappa shape index (κ2) is 7.31. The largest absolute Gasteiger partial charge is 0.310 e. The van der Waals surface area contributed by atoms with Crippen LogP contribution in [0.3, 0.4) is 0 Å². The second-order valence-electron chi connectivity index (χ2n) is 6.18. The van der Waals surface area contributed by atoms with E-state index < -0.39 is 0 Å². The van der Waals surface area contributed by atoms with E-state index in [0.717, 1.165) is 23.4 Å². The highest BCUT2D eigenvalue weighted by Crippen LogP contribution is 2.29. The van der Waals surface area contributed by atoms with Crippen molar-refractivity contribution >= 4 is 11.6 Å². The summed E-state index contributed by atoms with van der Waals surface area (Å²) < 4.78 is 0. The van der Waals surface area contributed by atoms with Crippen molar-refractivity contribution in [1.29, 1.82) is 0 Å². The molecule has 1 saturated carbocycles. The molecule has 1 N–H and O–H groups in total. The van der Waals surface area contributed by atoms with Crippen molar-refractivity contribution in [3.05, 3.63) is 34.9 Å². The van der Waals surface area contributed by atoms with Crippen LogP contribution < -0.4 is 5.32 Å². The maximum Gasteiger partial charge on any atom is 0.0450 e. The molecular formula is C17H26ClN. The van der Waals surface area contributed by atoms with E-state index in [1.807, 2.05) is 12.1 Å². The summed E-state index contributed by atoms with van der Waals surface area (Å²) in [6, 6.07) is 8.80. The molecule has 0 aromatic heterocycles. The Bertz CT molecular complexity index is 389. The Morgan fingerprint density at radius 2 is 1.95 bits per heavy atom. The van der Waals surface area contributed by atoms with Gasteiger partial charge in [0.1, 0.15) is 0 Å². The van der Waals surface area contributed by atoms with Gasteiger partial charge in [-0.05, 0) is 42.7 Å². The number of halogens is 1. The van der Waals surface area contributed by atoms with Crippen LogP contribution in [-0.2, 0) is 6.54 Å². The number of hydrogen-bond acceptors (Lipinski definition) is 1. The Labute approximate surface area is 122 Å². The highest BCUT2D eigenvalue weighted by Gasteiger charge is 2.20. The van der Waals surface area contributed by atoms with Crippen molar-refractivity contribution in [1.82, 2.24) is 5.32 Å². The zero-order valence-corrected chi connectivity index (χ0v) is 12.9. The molecule has 1 aliphatic carbocycles. The van der Waals surface area contributed by atoms with Gasteiger partial charge in [-0.2, -0.15) is 0 Å². The van der Waals surface area contributed by atoms with Crippen molar-refractivity contribution in [2.24, 2.45) is 11.8 Å². The molecule has 0 saturated heterocycles. The minimum Gasteiger partial charge on any atom is -0.310 e. The SMILES string of the molecule is CC(C)C1CCCC(NCc2ccccc2Cl)CC1. The summed E-state index contributed by atoms with van der Waals surface area (Å²) >= 11 is 6.20. The lowest BCUT2D eigenvalue weighted by Crippen LogP contribution is -2.28. The van der Waals surface area contributed by atoms with E-state index in [2.05, 4.69) is 31.3 Å². The van der Waals surface area contributed by atoms with Crippen molar-refractivity contribution < 1.29 is 0 Å². The lowest BCUT2D eigenvalue weighted by atomic mass is 9.89. The van der Waals surface area contributed by atoms with Gasteiger partial charge in [-0.25, -0.2) is 0 Å². The molecule has 2 heteroatoms. The van der Waals surface area contributed by atoms with Gasteiger partial charge in [0.15, 0.2) is 0 Å². The molecule has 0 spiro atoms. The maximum absolute atomic E-state index is 6.20. The van der Waals surface area contributed by atoms with Gasteiger partial charge in [0.05, 0.1) is 0 Å². The highest BCUT2D eigenvalue weighted by atomic mass is 35.5. The van der Waals surface area contributed by atoms with Gasteiger partial charge >= 0.3 is 0 Å². The number of nitrogens with one attached hydrogen (secondary N) is 1. The number of hydrogen-bond donors (Lipinski definition) is 1. The topological polar surface area (TPSA) is 12.0 Å². The molecule has 2 atom stereocenters. The fourth-order valence-electron chi connectivity index (χ4n) is 3.10. The fraction of sp³-hybridized carbons (Fsp3) is 0.647. The summed E-state index contributed by atoms with van der Waals surface area (Å²) in [5, 5.41) is 4.57. The predicted octanol–water partition coefficient (Wildman–Crippen LogP) is 5.03. The fourth-order valence-corrected chi connectivity index (χ4v) is 3.30. The molecule has 19 heavy (non-hydrogen) atoms. The molecule has 0 amide bonds. The highest BCUT2D eigenvalue weighted by molar-refractivity contribution is 6.31. The van der Waals surface area contributed by atoms with Crippen LogP contribution in [0.1, 0.15) is 51.5 Å². The number of rotatable bonds is 4. The van der Waals surface area contributed by atoms with Crippen molar-refractivity contribution in [2.75, 3.05) is 0 Å². The summed E-state index contributed by atoms with van der Waals surface area (Å²) in [5.74, 6) is 1.76. The molecule has 0 heterocycles. The summed E-state index contributed by atoms with van der Waals surface area (Å²) in [6.07, 6.45) is 6.77. The Morgan fingerprint density at radius 1 is 1.16 bits per heavy atom. The first-order chi connectivity index (χ1) is 9.16. The summed E-state index contributed by atoms with van der Waals surface area (Å²) in [5.41, 5.74) is 1.22. The lowest BCUT2D eigenvalue weighted by Gasteiger charge is -2.19. The summed E-state index contributed by atoms with van der Waals surface area (Å²) in [7, 11) is 0. The molecule has 0 aliphatic heterocycles. The minimum absolute atomic E-state index is 0.667. The Hall–Kier alpha value is -0.530. The smallest absolute Gasteiger partial charge is 0.0450 e. The van der Waals surface area contributed by atoms with Crippen LogP contribution in [0.4, 0.5) is 0 Å². The molecule has 1 aromatic carbocycles. The quantitative estimate of drug-likeness (QED) is 0.762. The Kier molecular flexibility index (Phi) is 5.72. The average molecular weight is 280 g/mol. The minimum atomic E-state index is 0.667. The average Bonchev–Trinajstić information content (AvgIpc) is 2.63. The third-order valence-corrected chi connectivity index (χ3v) is 4.86. The predicted molar refractivity (Wildman–Crippen MR) is 83.5 cm³/mol. The maximum atomic E-state index is 6.20. The van der Waals surface area contributed by atoms with Crippen LogP contribution in [-0.4, -0.2) is 6.04 Å². The zero-order chi connectivity index (χ0) is 13.7. The first-order valence-corrected chi connectivity index (χ1v) is 8.01. The van der Waals surface area contributed by atoms with E-state index in [4.69, 9.17) is 11.6 Å². The van der Waals surface area contributed by atoms with E-state index in [9.17, 15) is 0 Å². The van der Waals surface area contributed by atoms with Gasteiger partial charge in [0, 0.05) is 17.6 Å². The summed E-state index contributed by atoms with van der Waals surface area (Å²) in [6.45, 7) is 5.63. The van der Waals surface area contributed by atoms with Gasteiger partial charge in [-0.3, -0.25) is 0 Å². The van der Waals surface area contributed by atoms with Crippen LogP contribution >= 0.6 is 11.6 Å². The van der Waals surface area contributed by atoms with Crippen molar-refractivity contribution in [3.8, 4) is 0 Å². The zero-order valence-electron chi connectivity index (χ0n) is 12.2. The molecule has 2 unspecified atom stereocenters. The molecule has 1 nitrogen and oxygen atoms in total. The molecule has 1 fully saturated rings. The van der Waals surface area contributed by atoms with E-state index in [-0.39, 0.29) is 0 Å². The van der Waals surface area contributed by atoms with E-state index in [1.165, 1.54) is 37.7 Å². The van der Waals surface area contributed by atoms with Gasteiger partial charge in [0.25, 0.3) is 0 Å². The number of benzene rings is 1. The Morgan fingerprint density at radius 3 is 2.68 bits per heavy atom. The van der Waals surface area contributed by atoms with Crippen molar-refractivity contribution in [3.63, 3.8) is 0 Å². The van der Waals surface area contributed by atoms with Gasteiger partial charge in [-0.1, -0.05) is 56.5 Å². The third kappa shape index (κ3) is 4.50. The van der Waals surface area contributed by atoms with Crippen LogP contribution in [0, 0.1) is 11.8 Å². The van der Waals surface area contributed by atoms with Gasteiger partial charge in [-0.15, -0.1) is 0 Å². The first kappa shape index (κ1) is 14.9. The summed E-state index contributed by atoms with van der Waals surface area (Å²) in [4.78, 5) is 0. The molecular weight excluding hydrogens is 254 g/mol. The van der Waals surface area contributed by atoms with Gasteiger partial charge in [0.2, 0.25) is 0 Å². The monoisotopic (exact) mass is 279 g/mol. The van der Waals surface area contributed by atoms with Crippen LogP contribution in [0.5, 0.6) is 0 Å². The molecule has 1 aliphatic rings. The van der Waals surface area contributed by atoms with E-state index in [0.29, 0.717) is 6.04 Å². The molecule has 106 valence electrons. The normalized spacial score (nSPS) is 24.4. The van der Waals surface area contributed by atoms with Crippen molar-refractivity contribution in [2.45, 2.75) is 58.5 Å². The van der Waals surface area contributed by atoms with Gasteiger partial charge < -0.3 is 5.32 Å². The third-order valence-electron chi connectivity index (χ3n) is 4.50. The Balaban J connectivity index is 1.82. The standard InChI is InChI=1S/C17H26ClN/c1-13(2)14-7-5-8-16(11-10-14)19-12-15-6-3-4-9-17(15)18/h3-4,6,9,13-14,16,19H,5,7-8,10-12H2,1-2H3. The van der Waals surface area contributed by atoms with Crippen LogP contribution in [0.15, 0.2) is 24.3 Å². The van der Waals surface area contributed by atoms with E-state index in [1.54, 1.807) is 0 Å². The van der Waals surface area contributed by atoms with Crippen LogP contribution in [0.2, 0.25) is 5.02 Å². The molecule has 2 rings (SSSR count). The first-order valence-electron chi connectivity index (χ1n) is 7.63.